The molecule has 1 N–H and O–H groups in total. The number of benzene rings is 2. The molecule has 3 amide bonds. The van der Waals surface area contributed by atoms with E-state index in [2.05, 4.69) is 11.9 Å². The molecule has 2 atom stereocenters. The second-order valence-electron chi connectivity index (χ2n) is 9.51. The van der Waals surface area contributed by atoms with Crippen molar-refractivity contribution in [1.82, 2.24) is 14.5 Å². The van der Waals surface area contributed by atoms with Gasteiger partial charge in [-0.1, -0.05) is 68.5 Å². The molecule has 200 valence electrons. The lowest BCUT2D eigenvalue weighted by molar-refractivity contribution is -0.130. The van der Waals surface area contributed by atoms with E-state index >= 15 is 0 Å². The SMILES string of the molecule is C=CC(CCc1ccccc1)N(C(=O)C(CC(C)C)NC(=O)N1CCOCC1)S(=O)(=O)c1ccccc1. The van der Waals surface area contributed by atoms with Gasteiger partial charge in [0.15, 0.2) is 0 Å². The zero-order valence-corrected chi connectivity index (χ0v) is 22.4. The summed E-state index contributed by atoms with van der Waals surface area (Å²) in [5.74, 6) is -0.635. The number of ether oxygens (including phenoxy) is 1. The van der Waals surface area contributed by atoms with Crippen LogP contribution < -0.4 is 5.32 Å². The Balaban J connectivity index is 1.95. The predicted octanol–water partition coefficient (Wildman–Crippen LogP) is 3.85. The lowest BCUT2D eigenvalue weighted by atomic mass is 10.0. The fourth-order valence-electron chi connectivity index (χ4n) is 4.31. The third-order valence-corrected chi connectivity index (χ3v) is 8.10. The minimum absolute atomic E-state index is 0.0118. The smallest absolute Gasteiger partial charge is 0.318 e. The summed E-state index contributed by atoms with van der Waals surface area (Å²) in [4.78, 5) is 28.7. The number of nitrogens with zero attached hydrogens (tertiary/aromatic N) is 2. The lowest BCUT2D eigenvalue weighted by Gasteiger charge is -2.34. The maximum Gasteiger partial charge on any atom is 0.318 e. The lowest BCUT2D eigenvalue weighted by Crippen LogP contribution is -2.57. The number of nitrogens with one attached hydrogen (secondary N) is 1. The molecule has 0 radical (unpaired) electrons. The molecule has 9 heteroatoms. The molecule has 1 fully saturated rings. The fraction of sp³-hybridized carbons (Fsp3) is 0.429. The van der Waals surface area contributed by atoms with E-state index in [4.69, 9.17) is 4.74 Å². The van der Waals surface area contributed by atoms with Gasteiger partial charge in [-0.3, -0.25) is 4.79 Å². The Kier molecular flexibility index (Phi) is 10.3. The van der Waals surface area contributed by atoms with Crippen molar-refractivity contribution in [3.63, 3.8) is 0 Å². The summed E-state index contributed by atoms with van der Waals surface area (Å²) in [5.41, 5.74) is 1.03. The van der Waals surface area contributed by atoms with Gasteiger partial charge in [0.2, 0.25) is 0 Å². The maximum absolute atomic E-state index is 14.1. The number of urea groups is 1. The Morgan fingerprint density at radius 2 is 1.65 bits per heavy atom. The Morgan fingerprint density at radius 1 is 1.05 bits per heavy atom. The number of amides is 3. The summed E-state index contributed by atoms with van der Waals surface area (Å²) >= 11 is 0. The number of rotatable bonds is 11. The third-order valence-electron chi connectivity index (χ3n) is 6.26. The van der Waals surface area contributed by atoms with Gasteiger partial charge in [-0.15, -0.1) is 6.58 Å². The van der Waals surface area contributed by atoms with Crippen LogP contribution in [0.2, 0.25) is 0 Å². The highest BCUT2D eigenvalue weighted by atomic mass is 32.2. The second-order valence-corrected chi connectivity index (χ2v) is 11.3. The van der Waals surface area contributed by atoms with Crippen molar-refractivity contribution in [2.24, 2.45) is 5.92 Å². The number of aryl methyl sites for hydroxylation is 1. The van der Waals surface area contributed by atoms with Crippen LogP contribution in [0.25, 0.3) is 0 Å². The zero-order valence-electron chi connectivity index (χ0n) is 21.6. The Morgan fingerprint density at radius 3 is 2.22 bits per heavy atom. The third kappa shape index (κ3) is 7.66. The highest BCUT2D eigenvalue weighted by Crippen LogP contribution is 2.24. The molecule has 1 aliphatic rings. The maximum atomic E-state index is 14.1. The molecule has 0 aromatic heterocycles. The van der Waals surface area contributed by atoms with Crippen LogP contribution in [0.3, 0.4) is 0 Å². The van der Waals surface area contributed by atoms with Gasteiger partial charge in [0.25, 0.3) is 15.9 Å². The number of hydrogen-bond acceptors (Lipinski definition) is 5. The van der Waals surface area contributed by atoms with Gasteiger partial charge >= 0.3 is 6.03 Å². The van der Waals surface area contributed by atoms with Crippen LogP contribution in [0.4, 0.5) is 4.79 Å². The summed E-state index contributed by atoms with van der Waals surface area (Å²) in [7, 11) is -4.23. The number of sulfonamides is 1. The molecule has 3 rings (SSSR count). The number of carbonyl (C=O) groups excluding carboxylic acids is 2. The quantitative estimate of drug-likeness (QED) is 0.448. The molecule has 37 heavy (non-hydrogen) atoms. The van der Waals surface area contributed by atoms with E-state index in [1.807, 2.05) is 44.2 Å². The summed E-state index contributed by atoms with van der Waals surface area (Å²) in [6, 6.07) is 15.3. The zero-order chi connectivity index (χ0) is 26.8. The highest BCUT2D eigenvalue weighted by Gasteiger charge is 2.39. The first-order valence-corrected chi connectivity index (χ1v) is 14.1. The van der Waals surface area contributed by atoms with Crippen molar-refractivity contribution in [2.45, 2.75) is 50.1 Å². The first kappa shape index (κ1) is 28.4. The van der Waals surface area contributed by atoms with Gasteiger partial charge in [-0.2, -0.15) is 0 Å². The topological polar surface area (TPSA) is 96.0 Å². The minimum atomic E-state index is -4.23. The molecular weight excluding hydrogens is 490 g/mol. The van der Waals surface area contributed by atoms with E-state index in [9.17, 15) is 18.0 Å². The van der Waals surface area contributed by atoms with Crippen LogP contribution in [-0.4, -0.2) is 67.9 Å². The molecule has 1 aliphatic heterocycles. The highest BCUT2D eigenvalue weighted by molar-refractivity contribution is 7.89. The number of carbonyl (C=O) groups is 2. The van der Waals surface area contributed by atoms with Crippen molar-refractivity contribution >= 4 is 22.0 Å². The van der Waals surface area contributed by atoms with Crippen LogP contribution in [0.5, 0.6) is 0 Å². The van der Waals surface area contributed by atoms with Crippen molar-refractivity contribution in [3.05, 3.63) is 78.9 Å². The molecule has 2 unspecified atom stereocenters. The normalized spacial score (nSPS) is 15.6. The van der Waals surface area contributed by atoms with Crippen molar-refractivity contribution in [2.75, 3.05) is 26.3 Å². The van der Waals surface area contributed by atoms with E-state index in [0.717, 1.165) is 9.87 Å². The van der Waals surface area contributed by atoms with Crippen molar-refractivity contribution in [3.8, 4) is 0 Å². The second kappa shape index (κ2) is 13.4. The molecule has 0 aliphatic carbocycles. The van der Waals surface area contributed by atoms with E-state index in [1.165, 1.54) is 18.2 Å². The summed E-state index contributed by atoms with van der Waals surface area (Å²) in [6.45, 7) is 9.38. The van der Waals surface area contributed by atoms with Crippen LogP contribution in [0, 0.1) is 5.92 Å². The minimum Gasteiger partial charge on any atom is -0.378 e. The van der Waals surface area contributed by atoms with Gasteiger partial charge in [-0.05, 0) is 42.9 Å². The monoisotopic (exact) mass is 527 g/mol. The van der Waals surface area contributed by atoms with Crippen LogP contribution in [0.1, 0.15) is 32.3 Å². The first-order valence-electron chi connectivity index (χ1n) is 12.7. The van der Waals surface area contributed by atoms with E-state index < -0.39 is 34.0 Å². The summed E-state index contributed by atoms with van der Waals surface area (Å²) in [6.07, 6.45) is 2.70. The standard InChI is InChI=1S/C28H37N3O5S/c1-4-24(16-15-23-11-7-5-8-12-23)31(37(34,35)25-13-9-6-10-14-25)27(32)26(21-22(2)3)29-28(33)30-17-19-36-20-18-30/h4-14,22,24,26H,1,15-21H2,2-3H3,(H,29,33). The number of hydrogen-bond donors (Lipinski definition) is 1. The molecule has 2 aromatic carbocycles. The van der Waals surface area contributed by atoms with E-state index in [1.54, 1.807) is 23.1 Å². The summed E-state index contributed by atoms with van der Waals surface area (Å²) in [5, 5.41) is 2.82. The molecule has 0 saturated carbocycles. The molecule has 1 heterocycles. The van der Waals surface area contributed by atoms with Gasteiger partial charge in [0.1, 0.15) is 6.04 Å². The van der Waals surface area contributed by atoms with Crippen molar-refractivity contribution < 1.29 is 22.7 Å². The largest absolute Gasteiger partial charge is 0.378 e. The van der Waals surface area contributed by atoms with E-state index in [0.29, 0.717) is 39.1 Å². The molecular formula is C28H37N3O5S. The van der Waals surface area contributed by atoms with E-state index in [-0.39, 0.29) is 17.2 Å². The van der Waals surface area contributed by atoms with Gasteiger partial charge in [-0.25, -0.2) is 17.5 Å². The molecule has 1 saturated heterocycles. The van der Waals surface area contributed by atoms with Crippen molar-refractivity contribution in [1.29, 1.82) is 0 Å². The van der Waals surface area contributed by atoms with Crippen LogP contribution in [-0.2, 0) is 26.0 Å². The number of morpholine rings is 1. The predicted molar refractivity (Wildman–Crippen MR) is 143 cm³/mol. The molecule has 0 spiro atoms. The fourth-order valence-corrected chi connectivity index (χ4v) is 5.95. The molecule has 0 bridgehead atoms. The van der Waals surface area contributed by atoms with Gasteiger partial charge < -0.3 is 15.0 Å². The van der Waals surface area contributed by atoms with Gasteiger partial charge in [0, 0.05) is 13.1 Å². The molecule has 8 nitrogen and oxygen atoms in total. The average molecular weight is 528 g/mol. The average Bonchev–Trinajstić information content (AvgIpc) is 2.91. The van der Waals surface area contributed by atoms with Crippen LogP contribution >= 0.6 is 0 Å². The first-order chi connectivity index (χ1) is 17.7. The molecule has 2 aromatic rings. The Bertz CT molecular complexity index is 1130. The van der Waals surface area contributed by atoms with Crippen LogP contribution in [0.15, 0.2) is 78.2 Å². The Hall–Kier alpha value is -3.17. The Labute approximate surface area is 220 Å². The van der Waals surface area contributed by atoms with Gasteiger partial charge in [0.05, 0.1) is 24.2 Å². The summed E-state index contributed by atoms with van der Waals surface area (Å²) < 4.78 is 34.0.